The van der Waals surface area contributed by atoms with Gasteiger partial charge in [0.25, 0.3) is 5.91 Å². The molecule has 0 aliphatic heterocycles. The zero-order valence-electron chi connectivity index (χ0n) is 17.9. The van der Waals surface area contributed by atoms with Gasteiger partial charge in [-0.2, -0.15) is 0 Å². The van der Waals surface area contributed by atoms with Crippen molar-refractivity contribution < 1.29 is 9.53 Å². The number of carbonyl (C=O) groups is 1. The largest absolute Gasteiger partial charge is 0.484 e. The van der Waals surface area contributed by atoms with Crippen LogP contribution in [-0.4, -0.2) is 49.6 Å². The summed E-state index contributed by atoms with van der Waals surface area (Å²) in [5.41, 5.74) is 2.09. The Bertz CT molecular complexity index is 986. The number of fused-ring (bicyclic) bond motifs is 1. The molecule has 0 bridgehead atoms. The molecule has 3 aromatic rings. The molecule has 1 amide bonds. The van der Waals surface area contributed by atoms with E-state index in [-0.39, 0.29) is 12.5 Å². The Morgan fingerprint density at radius 2 is 1.87 bits per heavy atom. The summed E-state index contributed by atoms with van der Waals surface area (Å²) in [6, 6.07) is 13.5. The second-order valence-electron chi connectivity index (χ2n) is 7.82. The number of halogens is 1. The van der Waals surface area contributed by atoms with Crippen molar-refractivity contribution in [1.82, 2.24) is 9.88 Å². The van der Waals surface area contributed by atoms with Crippen LogP contribution < -0.4 is 9.64 Å². The Labute approximate surface area is 187 Å². The smallest absolute Gasteiger partial charge is 0.266 e. The second kappa shape index (κ2) is 10.2. The molecular formula is C23H28ClN3O2S. The number of carbonyl (C=O) groups excluding carboxylic acids is 1. The lowest BCUT2D eigenvalue weighted by atomic mass is 10.0. The molecule has 0 spiro atoms. The molecule has 0 radical (unpaired) electrons. The van der Waals surface area contributed by atoms with Gasteiger partial charge >= 0.3 is 0 Å². The van der Waals surface area contributed by atoms with Gasteiger partial charge in [0, 0.05) is 11.6 Å². The molecule has 0 aliphatic carbocycles. The Balaban J connectivity index is 1.73. The molecule has 0 unspecified atom stereocenters. The summed E-state index contributed by atoms with van der Waals surface area (Å²) in [5, 5.41) is 1.34. The monoisotopic (exact) mass is 445 g/mol. The molecule has 0 fully saturated rings. The molecule has 5 nitrogen and oxygen atoms in total. The van der Waals surface area contributed by atoms with Crippen molar-refractivity contribution in [1.29, 1.82) is 0 Å². The van der Waals surface area contributed by atoms with Crippen LogP contribution in [0.4, 0.5) is 5.13 Å². The summed E-state index contributed by atoms with van der Waals surface area (Å²) >= 11 is 7.58. The van der Waals surface area contributed by atoms with Crippen LogP contribution in [0.1, 0.15) is 31.7 Å². The highest BCUT2D eigenvalue weighted by Gasteiger charge is 2.20. The normalized spacial score (nSPS) is 11.4. The lowest BCUT2D eigenvalue weighted by molar-refractivity contribution is -0.120. The van der Waals surface area contributed by atoms with Crippen LogP contribution in [0.5, 0.6) is 5.75 Å². The van der Waals surface area contributed by atoms with Crippen LogP contribution in [0.15, 0.2) is 42.5 Å². The maximum absolute atomic E-state index is 13.0. The van der Waals surface area contributed by atoms with E-state index in [0.717, 1.165) is 23.2 Å². The standard InChI is InChI=1S/C23H28ClN3O2S/c1-16(2)17-6-9-19(10-7-17)29-15-22(28)27(13-5-12-26(3)4)23-25-20-11-8-18(24)14-21(20)30-23/h6-11,14,16H,5,12-13,15H2,1-4H3. The van der Waals surface area contributed by atoms with Gasteiger partial charge in [0.05, 0.1) is 10.2 Å². The van der Waals surface area contributed by atoms with Crippen molar-refractivity contribution in [2.75, 3.05) is 38.7 Å². The van der Waals surface area contributed by atoms with Crippen LogP contribution in [0, 0.1) is 0 Å². The fourth-order valence-electron chi connectivity index (χ4n) is 3.05. The molecule has 0 atom stereocenters. The van der Waals surface area contributed by atoms with E-state index in [9.17, 15) is 4.79 Å². The maximum atomic E-state index is 13.0. The van der Waals surface area contributed by atoms with E-state index in [2.05, 4.69) is 23.7 Å². The quantitative estimate of drug-likeness (QED) is 0.440. The van der Waals surface area contributed by atoms with Crippen LogP contribution in [0.2, 0.25) is 5.02 Å². The van der Waals surface area contributed by atoms with Gasteiger partial charge in [-0.25, -0.2) is 4.98 Å². The molecule has 1 aromatic heterocycles. The molecule has 0 aliphatic rings. The Morgan fingerprint density at radius 3 is 2.53 bits per heavy atom. The first kappa shape index (κ1) is 22.5. The molecule has 0 saturated heterocycles. The van der Waals surface area contributed by atoms with Crippen molar-refractivity contribution >= 4 is 44.2 Å². The van der Waals surface area contributed by atoms with Gasteiger partial charge in [-0.05, 0) is 68.9 Å². The van der Waals surface area contributed by atoms with E-state index in [1.165, 1.54) is 16.9 Å². The predicted octanol–water partition coefficient (Wildman–Crippen LogP) is 5.44. The summed E-state index contributed by atoms with van der Waals surface area (Å²) in [5.74, 6) is 1.05. The maximum Gasteiger partial charge on any atom is 0.266 e. The van der Waals surface area contributed by atoms with E-state index < -0.39 is 0 Å². The number of anilines is 1. The molecule has 0 N–H and O–H groups in total. The number of benzene rings is 2. The molecule has 160 valence electrons. The van der Waals surface area contributed by atoms with Gasteiger partial charge in [-0.1, -0.05) is 48.9 Å². The summed E-state index contributed by atoms with van der Waals surface area (Å²) < 4.78 is 6.75. The van der Waals surface area contributed by atoms with Crippen LogP contribution >= 0.6 is 22.9 Å². The highest BCUT2D eigenvalue weighted by atomic mass is 35.5. The third-order valence-corrected chi connectivity index (χ3v) is 6.04. The average Bonchev–Trinajstić information content (AvgIpc) is 3.12. The number of hydrogen-bond acceptors (Lipinski definition) is 5. The number of aromatic nitrogens is 1. The number of thiazole rings is 1. The highest BCUT2D eigenvalue weighted by molar-refractivity contribution is 7.22. The van der Waals surface area contributed by atoms with Crippen molar-refractivity contribution in [3.05, 3.63) is 53.1 Å². The number of nitrogens with zero attached hydrogens (tertiary/aromatic N) is 3. The van der Waals surface area contributed by atoms with E-state index in [1.54, 1.807) is 4.90 Å². The topological polar surface area (TPSA) is 45.7 Å². The second-order valence-corrected chi connectivity index (χ2v) is 9.27. The molecule has 2 aromatic carbocycles. The van der Waals surface area contributed by atoms with E-state index >= 15 is 0 Å². The minimum Gasteiger partial charge on any atom is -0.484 e. The van der Waals surface area contributed by atoms with Crippen molar-refractivity contribution in [3.63, 3.8) is 0 Å². The first-order valence-corrected chi connectivity index (χ1v) is 11.3. The van der Waals surface area contributed by atoms with E-state index in [4.69, 9.17) is 16.3 Å². The lowest BCUT2D eigenvalue weighted by Gasteiger charge is -2.21. The third kappa shape index (κ3) is 5.94. The van der Waals surface area contributed by atoms with E-state index in [0.29, 0.717) is 28.4 Å². The average molecular weight is 446 g/mol. The van der Waals surface area contributed by atoms with Gasteiger partial charge in [-0.15, -0.1) is 0 Å². The molecule has 3 rings (SSSR count). The van der Waals surface area contributed by atoms with Crippen LogP contribution in [-0.2, 0) is 4.79 Å². The van der Waals surface area contributed by atoms with Gasteiger partial charge in [0.1, 0.15) is 5.75 Å². The van der Waals surface area contributed by atoms with Gasteiger partial charge < -0.3 is 9.64 Å². The Hall–Kier alpha value is -2.15. The highest BCUT2D eigenvalue weighted by Crippen LogP contribution is 2.31. The minimum atomic E-state index is -0.105. The van der Waals surface area contributed by atoms with Crippen molar-refractivity contribution in [2.45, 2.75) is 26.2 Å². The Morgan fingerprint density at radius 1 is 1.13 bits per heavy atom. The lowest BCUT2D eigenvalue weighted by Crippen LogP contribution is -2.36. The summed E-state index contributed by atoms with van der Waals surface area (Å²) in [6.45, 7) is 5.74. The zero-order valence-corrected chi connectivity index (χ0v) is 19.5. The first-order chi connectivity index (χ1) is 14.3. The summed E-state index contributed by atoms with van der Waals surface area (Å²) in [7, 11) is 4.05. The molecule has 30 heavy (non-hydrogen) atoms. The third-order valence-electron chi connectivity index (χ3n) is 4.77. The summed E-state index contributed by atoms with van der Waals surface area (Å²) in [6.07, 6.45) is 0.846. The molecule has 1 heterocycles. The number of hydrogen-bond donors (Lipinski definition) is 0. The molecule has 0 saturated carbocycles. The first-order valence-electron chi connectivity index (χ1n) is 10.1. The Kier molecular flexibility index (Phi) is 7.69. The number of ether oxygens (including phenoxy) is 1. The van der Waals surface area contributed by atoms with E-state index in [1.807, 2.05) is 56.6 Å². The van der Waals surface area contributed by atoms with Crippen LogP contribution in [0.3, 0.4) is 0 Å². The predicted molar refractivity (Wildman–Crippen MR) is 126 cm³/mol. The van der Waals surface area contributed by atoms with Gasteiger partial charge in [0.15, 0.2) is 11.7 Å². The number of amides is 1. The van der Waals surface area contributed by atoms with Crippen LogP contribution in [0.25, 0.3) is 10.2 Å². The van der Waals surface area contributed by atoms with Gasteiger partial charge in [0.2, 0.25) is 0 Å². The SMILES string of the molecule is CC(C)c1ccc(OCC(=O)N(CCCN(C)C)c2nc3ccc(Cl)cc3s2)cc1. The number of rotatable bonds is 9. The fourth-order valence-corrected chi connectivity index (χ4v) is 4.33. The summed E-state index contributed by atoms with van der Waals surface area (Å²) in [4.78, 5) is 21.5. The minimum absolute atomic E-state index is 0.0281. The molecular weight excluding hydrogens is 418 g/mol. The van der Waals surface area contributed by atoms with Crippen molar-refractivity contribution in [3.8, 4) is 5.75 Å². The van der Waals surface area contributed by atoms with Gasteiger partial charge in [-0.3, -0.25) is 9.69 Å². The molecule has 7 heteroatoms. The zero-order chi connectivity index (χ0) is 21.7. The fraction of sp³-hybridized carbons (Fsp3) is 0.391. The van der Waals surface area contributed by atoms with Crippen molar-refractivity contribution in [2.24, 2.45) is 0 Å².